The van der Waals surface area contributed by atoms with Crippen LogP contribution < -0.4 is 4.74 Å². The van der Waals surface area contributed by atoms with Crippen LogP contribution in [0.4, 0.5) is 0 Å². The van der Waals surface area contributed by atoms with Crippen molar-refractivity contribution in [1.29, 1.82) is 0 Å². The number of aryl methyl sites for hydroxylation is 1. The van der Waals surface area contributed by atoms with Crippen LogP contribution in [0.5, 0.6) is 5.75 Å². The Morgan fingerprint density at radius 1 is 1.15 bits per heavy atom. The van der Waals surface area contributed by atoms with E-state index in [0.29, 0.717) is 27.6 Å². The van der Waals surface area contributed by atoms with Crippen LogP contribution in [0.2, 0.25) is 5.02 Å². The number of ether oxygens (including phenoxy) is 2. The van der Waals surface area contributed by atoms with Crippen LogP contribution in [-0.2, 0) is 11.3 Å². The molecule has 3 aromatic rings. The van der Waals surface area contributed by atoms with E-state index < -0.39 is 5.97 Å². The van der Waals surface area contributed by atoms with Crippen molar-refractivity contribution in [2.75, 3.05) is 7.11 Å². The Morgan fingerprint density at radius 2 is 1.89 bits per heavy atom. The average Bonchev–Trinajstić information content (AvgIpc) is 2.66. The molecule has 0 aliphatic rings. The van der Waals surface area contributed by atoms with Gasteiger partial charge in [0.25, 0.3) is 0 Å². The summed E-state index contributed by atoms with van der Waals surface area (Å²) in [4.78, 5) is 28.8. The van der Waals surface area contributed by atoms with Crippen LogP contribution in [-0.4, -0.2) is 23.8 Å². The van der Waals surface area contributed by atoms with Crippen molar-refractivity contribution in [1.82, 2.24) is 4.98 Å². The second-order valence-electron chi connectivity index (χ2n) is 6.05. The molecule has 1 aromatic heterocycles. The smallest absolute Gasteiger partial charge is 0.340 e. The molecule has 0 N–H and O–H groups in total. The zero-order valence-corrected chi connectivity index (χ0v) is 16.0. The summed E-state index contributed by atoms with van der Waals surface area (Å²) in [5.41, 5.74) is 2.72. The highest BCUT2D eigenvalue weighted by molar-refractivity contribution is 6.31. The lowest BCUT2D eigenvalue weighted by Gasteiger charge is -2.15. The molecule has 0 aliphatic carbocycles. The molecule has 6 heteroatoms. The Morgan fingerprint density at radius 3 is 2.59 bits per heavy atom. The molecule has 5 nitrogen and oxygen atoms in total. The van der Waals surface area contributed by atoms with Gasteiger partial charge in [-0.2, -0.15) is 0 Å². The van der Waals surface area contributed by atoms with Gasteiger partial charge in [0, 0.05) is 10.4 Å². The molecule has 27 heavy (non-hydrogen) atoms. The summed E-state index contributed by atoms with van der Waals surface area (Å²) < 4.78 is 10.8. The fraction of sp³-hybridized carbons (Fsp3) is 0.190. The molecule has 0 spiro atoms. The van der Waals surface area contributed by atoms with Crippen LogP contribution in [0, 0.1) is 6.92 Å². The molecule has 0 saturated heterocycles. The van der Waals surface area contributed by atoms with Gasteiger partial charge in [0.15, 0.2) is 5.78 Å². The molecule has 138 valence electrons. The fourth-order valence-corrected chi connectivity index (χ4v) is 3.14. The largest absolute Gasteiger partial charge is 0.487 e. The van der Waals surface area contributed by atoms with Crippen LogP contribution in [0.25, 0.3) is 10.9 Å². The summed E-state index contributed by atoms with van der Waals surface area (Å²) >= 11 is 5.97. The van der Waals surface area contributed by atoms with E-state index in [4.69, 9.17) is 21.1 Å². The SMILES string of the molecule is COC(=O)c1c(COc2ccc(Cl)cc2C(C)=O)nc2ccccc2c1C. The van der Waals surface area contributed by atoms with Crippen LogP contribution in [0.3, 0.4) is 0 Å². The summed E-state index contributed by atoms with van der Waals surface area (Å²) in [6, 6.07) is 12.4. The quantitative estimate of drug-likeness (QED) is 0.469. The second kappa shape index (κ2) is 7.76. The standard InChI is InChI=1S/C21H18ClNO4/c1-12-15-6-4-5-7-17(15)23-18(20(12)21(25)26-3)11-27-19-9-8-14(22)10-16(19)13(2)24/h4-10H,11H2,1-3H3. The number of rotatable bonds is 5. The molecule has 0 saturated carbocycles. The summed E-state index contributed by atoms with van der Waals surface area (Å²) in [6.45, 7) is 3.30. The first-order valence-electron chi connectivity index (χ1n) is 8.32. The lowest BCUT2D eigenvalue weighted by atomic mass is 10.0. The van der Waals surface area contributed by atoms with Gasteiger partial charge < -0.3 is 9.47 Å². The highest BCUT2D eigenvalue weighted by Gasteiger charge is 2.20. The molecule has 2 aromatic carbocycles. The summed E-state index contributed by atoms with van der Waals surface area (Å²) in [6.07, 6.45) is 0. The van der Waals surface area contributed by atoms with Crippen molar-refractivity contribution >= 4 is 34.3 Å². The van der Waals surface area contributed by atoms with Gasteiger partial charge in [-0.1, -0.05) is 29.8 Å². The minimum absolute atomic E-state index is 0.0119. The van der Waals surface area contributed by atoms with E-state index in [2.05, 4.69) is 4.98 Å². The number of Topliss-reactive ketones (excluding diaryl/α,β-unsaturated/α-hetero) is 1. The van der Waals surface area contributed by atoms with Crippen molar-refractivity contribution in [3.8, 4) is 5.75 Å². The Hall–Kier alpha value is -2.92. The molecule has 1 heterocycles. The van der Waals surface area contributed by atoms with Gasteiger partial charge in [0.05, 0.1) is 29.4 Å². The number of para-hydroxylation sites is 1. The van der Waals surface area contributed by atoms with E-state index in [-0.39, 0.29) is 12.4 Å². The first-order chi connectivity index (χ1) is 12.9. The molecular weight excluding hydrogens is 366 g/mol. The zero-order chi connectivity index (χ0) is 19.6. The van der Waals surface area contributed by atoms with E-state index in [1.807, 2.05) is 31.2 Å². The number of nitrogens with zero attached hydrogens (tertiary/aromatic N) is 1. The van der Waals surface area contributed by atoms with Crippen molar-refractivity contribution in [2.45, 2.75) is 20.5 Å². The average molecular weight is 384 g/mol. The Balaban J connectivity index is 2.05. The highest BCUT2D eigenvalue weighted by Crippen LogP contribution is 2.27. The third-order valence-electron chi connectivity index (χ3n) is 4.30. The second-order valence-corrected chi connectivity index (χ2v) is 6.49. The molecule has 0 atom stereocenters. The number of pyridine rings is 1. The zero-order valence-electron chi connectivity index (χ0n) is 15.2. The molecule has 0 aliphatic heterocycles. The minimum atomic E-state index is -0.479. The van der Waals surface area contributed by atoms with Gasteiger partial charge >= 0.3 is 5.97 Å². The van der Waals surface area contributed by atoms with Crippen LogP contribution in [0.1, 0.15) is 38.9 Å². The Bertz CT molecular complexity index is 1050. The molecule has 0 unspecified atom stereocenters. The maximum Gasteiger partial charge on any atom is 0.340 e. The minimum Gasteiger partial charge on any atom is -0.487 e. The van der Waals surface area contributed by atoms with E-state index in [1.165, 1.54) is 14.0 Å². The predicted molar refractivity (Wildman–Crippen MR) is 104 cm³/mol. The number of carbonyl (C=O) groups excluding carboxylic acids is 2. The third kappa shape index (κ3) is 3.78. The molecule has 0 amide bonds. The van der Waals surface area contributed by atoms with Gasteiger partial charge in [0.2, 0.25) is 0 Å². The fourth-order valence-electron chi connectivity index (χ4n) is 2.97. The maximum absolute atomic E-state index is 12.3. The Kier molecular flexibility index (Phi) is 5.42. The molecule has 3 rings (SSSR count). The number of hydrogen-bond acceptors (Lipinski definition) is 5. The topological polar surface area (TPSA) is 65.5 Å². The number of ketones is 1. The van der Waals surface area contributed by atoms with E-state index in [9.17, 15) is 9.59 Å². The summed E-state index contributed by atoms with van der Waals surface area (Å²) in [5, 5.41) is 1.32. The van der Waals surface area contributed by atoms with Crippen LogP contribution >= 0.6 is 11.6 Å². The first kappa shape index (κ1) is 18.9. The Labute approximate surface area is 161 Å². The van der Waals surface area contributed by atoms with Crippen LogP contribution in [0.15, 0.2) is 42.5 Å². The lowest BCUT2D eigenvalue weighted by Crippen LogP contribution is -2.13. The number of benzene rings is 2. The van der Waals surface area contributed by atoms with Crippen molar-refractivity contribution < 1.29 is 19.1 Å². The number of fused-ring (bicyclic) bond motifs is 1. The van der Waals surface area contributed by atoms with Gasteiger partial charge in [0.1, 0.15) is 12.4 Å². The molecule has 0 bridgehead atoms. The normalized spacial score (nSPS) is 10.7. The summed E-state index contributed by atoms with van der Waals surface area (Å²) in [5.74, 6) is -0.258. The highest BCUT2D eigenvalue weighted by atomic mass is 35.5. The first-order valence-corrected chi connectivity index (χ1v) is 8.70. The third-order valence-corrected chi connectivity index (χ3v) is 4.54. The predicted octanol–water partition coefficient (Wildman–Crippen LogP) is 4.76. The van der Waals surface area contributed by atoms with Gasteiger partial charge in [-0.15, -0.1) is 0 Å². The number of methoxy groups -OCH3 is 1. The number of aromatic nitrogens is 1. The monoisotopic (exact) mass is 383 g/mol. The van der Waals surface area contributed by atoms with Crippen molar-refractivity contribution in [2.24, 2.45) is 0 Å². The van der Waals surface area contributed by atoms with Gasteiger partial charge in [-0.3, -0.25) is 4.79 Å². The lowest BCUT2D eigenvalue weighted by molar-refractivity contribution is 0.0596. The number of carbonyl (C=O) groups is 2. The molecule has 0 radical (unpaired) electrons. The molecular formula is C21H18ClNO4. The number of halogens is 1. The molecule has 0 fully saturated rings. The van der Waals surface area contributed by atoms with Crippen molar-refractivity contribution in [3.05, 3.63) is 69.9 Å². The number of esters is 1. The van der Waals surface area contributed by atoms with Crippen molar-refractivity contribution in [3.63, 3.8) is 0 Å². The van der Waals surface area contributed by atoms with Gasteiger partial charge in [-0.25, -0.2) is 9.78 Å². The van der Waals surface area contributed by atoms with E-state index >= 15 is 0 Å². The van der Waals surface area contributed by atoms with Gasteiger partial charge in [-0.05, 0) is 43.7 Å². The van der Waals surface area contributed by atoms with E-state index in [0.717, 1.165) is 16.5 Å². The van der Waals surface area contributed by atoms with E-state index in [1.54, 1.807) is 18.2 Å². The summed E-state index contributed by atoms with van der Waals surface area (Å²) in [7, 11) is 1.33. The maximum atomic E-state index is 12.3. The number of hydrogen-bond donors (Lipinski definition) is 0.